The van der Waals surface area contributed by atoms with Crippen LogP contribution in [0.3, 0.4) is 0 Å². The van der Waals surface area contributed by atoms with Gasteiger partial charge in [-0.2, -0.15) is 4.31 Å². The Kier molecular flexibility index (Phi) is 2.23. The third-order valence-electron chi connectivity index (χ3n) is 3.12. The van der Waals surface area contributed by atoms with Crippen LogP contribution in [0.4, 0.5) is 0 Å². The van der Waals surface area contributed by atoms with Gasteiger partial charge in [0, 0.05) is 29.4 Å². The summed E-state index contributed by atoms with van der Waals surface area (Å²) in [4.78, 5) is 0.348. The van der Waals surface area contributed by atoms with Crippen molar-refractivity contribution < 1.29 is 8.42 Å². The van der Waals surface area contributed by atoms with Crippen molar-refractivity contribution in [3.63, 3.8) is 0 Å². The summed E-state index contributed by atoms with van der Waals surface area (Å²) < 4.78 is 25.7. The van der Waals surface area contributed by atoms with Crippen LogP contribution in [0, 0.1) is 0 Å². The van der Waals surface area contributed by atoms with Crippen LogP contribution in [0.15, 0.2) is 35.2 Å². The largest absolute Gasteiger partial charge is 0.243 e. The van der Waals surface area contributed by atoms with Crippen molar-refractivity contribution in [2.45, 2.75) is 11.4 Å². The van der Waals surface area contributed by atoms with E-state index in [1.54, 1.807) is 19.2 Å². The van der Waals surface area contributed by atoms with Crippen LogP contribution in [-0.2, 0) is 16.6 Å². The van der Waals surface area contributed by atoms with Crippen molar-refractivity contribution in [1.82, 2.24) is 4.31 Å². The van der Waals surface area contributed by atoms with Crippen molar-refractivity contribution >= 4 is 32.4 Å². The highest BCUT2D eigenvalue weighted by molar-refractivity contribution is 7.89. The van der Waals surface area contributed by atoms with Gasteiger partial charge in [0.15, 0.2) is 0 Å². The van der Waals surface area contributed by atoms with Crippen molar-refractivity contribution in [2.75, 3.05) is 7.05 Å². The number of halogens is 1. The summed E-state index contributed by atoms with van der Waals surface area (Å²) in [7, 11) is -1.78. The molecule has 5 heteroatoms. The first-order chi connectivity index (χ1) is 8.01. The van der Waals surface area contributed by atoms with E-state index in [4.69, 9.17) is 11.6 Å². The monoisotopic (exact) mass is 267 g/mol. The zero-order chi connectivity index (χ0) is 12.2. The zero-order valence-electron chi connectivity index (χ0n) is 9.14. The topological polar surface area (TPSA) is 37.4 Å². The number of sulfonamides is 1. The molecule has 1 heterocycles. The van der Waals surface area contributed by atoms with Gasteiger partial charge in [-0.05, 0) is 17.7 Å². The summed E-state index contributed by atoms with van der Waals surface area (Å²) in [6, 6.07) is 8.91. The molecule has 2 aromatic rings. The third kappa shape index (κ3) is 1.41. The van der Waals surface area contributed by atoms with Crippen molar-refractivity contribution in [1.29, 1.82) is 0 Å². The van der Waals surface area contributed by atoms with Gasteiger partial charge in [0.1, 0.15) is 0 Å². The first-order valence-corrected chi connectivity index (χ1v) is 7.00. The average molecular weight is 268 g/mol. The van der Waals surface area contributed by atoms with E-state index >= 15 is 0 Å². The molecule has 0 aromatic heterocycles. The van der Waals surface area contributed by atoms with Crippen LogP contribution in [0.5, 0.6) is 0 Å². The van der Waals surface area contributed by atoms with E-state index in [1.807, 2.05) is 18.2 Å². The molecule has 0 saturated carbocycles. The molecule has 0 amide bonds. The molecule has 0 aliphatic carbocycles. The SMILES string of the molecule is CN1Cc2ccc(Cl)c3cccc(c23)S1(=O)=O. The predicted molar refractivity (Wildman–Crippen MR) is 67.6 cm³/mol. The summed E-state index contributed by atoms with van der Waals surface area (Å²) in [5.41, 5.74) is 0.998. The number of hydrogen-bond acceptors (Lipinski definition) is 2. The molecule has 0 saturated heterocycles. The van der Waals surface area contributed by atoms with Gasteiger partial charge in [-0.25, -0.2) is 8.42 Å². The standard InChI is InChI=1S/C12H10ClNO2S/c1-14-7-8-5-6-10(13)9-3-2-4-11(12(8)9)17(14,15)16/h2-6H,7H2,1H3. The summed E-state index contributed by atoms with van der Waals surface area (Å²) in [5.74, 6) is 0. The lowest BCUT2D eigenvalue weighted by atomic mass is 10.0. The molecule has 0 radical (unpaired) electrons. The second kappa shape index (κ2) is 3.45. The maximum Gasteiger partial charge on any atom is 0.243 e. The van der Waals surface area contributed by atoms with Crippen molar-refractivity contribution in [2.24, 2.45) is 0 Å². The second-order valence-corrected chi connectivity index (χ2v) is 6.57. The molecule has 0 spiro atoms. The highest BCUT2D eigenvalue weighted by Gasteiger charge is 2.29. The Morgan fingerprint density at radius 2 is 2.00 bits per heavy atom. The summed E-state index contributed by atoms with van der Waals surface area (Å²) in [5, 5.41) is 2.15. The zero-order valence-corrected chi connectivity index (χ0v) is 10.7. The fourth-order valence-corrected chi connectivity index (χ4v) is 3.86. The van der Waals surface area contributed by atoms with Gasteiger partial charge in [0.2, 0.25) is 10.0 Å². The quantitative estimate of drug-likeness (QED) is 0.736. The fourth-order valence-electron chi connectivity index (χ4n) is 2.25. The Bertz CT molecular complexity index is 725. The number of benzene rings is 2. The smallest absolute Gasteiger partial charge is 0.207 e. The summed E-state index contributed by atoms with van der Waals surface area (Å²) in [6.45, 7) is 0.396. The lowest BCUT2D eigenvalue weighted by Gasteiger charge is -2.25. The Hall–Kier alpha value is -1.10. The Labute approximate surface area is 105 Å². The fraction of sp³-hybridized carbons (Fsp3) is 0.167. The first kappa shape index (κ1) is 11.0. The third-order valence-corrected chi connectivity index (χ3v) is 5.29. The van der Waals surface area contributed by atoms with E-state index in [0.717, 1.165) is 16.3 Å². The summed E-state index contributed by atoms with van der Waals surface area (Å²) >= 11 is 6.10. The normalized spacial score (nSPS) is 18.5. The number of nitrogens with zero attached hydrogens (tertiary/aromatic N) is 1. The van der Waals surface area contributed by atoms with Crippen molar-refractivity contribution in [3.8, 4) is 0 Å². The molecule has 3 rings (SSSR count). The van der Waals surface area contributed by atoms with Crippen LogP contribution in [-0.4, -0.2) is 19.8 Å². The molecule has 2 aromatic carbocycles. The molecular weight excluding hydrogens is 258 g/mol. The molecule has 0 bridgehead atoms. The molecule has 3 nitrogen and oxygen atoms in total. The lowest BCUT2D eigenvalue weighted by molar-refractivity contribution is 0.463. The minimum atomic E-state index is -3.37. The molecule has 0 fully saturated rings. The number of rotatable bonds is 0. The van der Waals surface area contributed by atoms with Crippen molar-refractivity contribution in [3.05, 3.63) is 40.9 Å². The highest BCUT2D eigenvalue weighted by atomic mass is 35.5. The van der Waals surface area contributed by atoms with Gasteiger partial charge in [-0.15, -0.1) is 0 Å². The summed E-state index contributed by atoms with van der Waals surface area (Å²) in [6.07, 6.45) is 0. The minimum Gasteiger partial charge on any atom is -0.207 e. The Morgan fingerprint density at radius 1 is 1.24 bits per heavy atom. The predicted octanol–water partition coefficient (Wildman–Crippen LogP) is 2.63. The first-order valence-electron chi connectivity index (χ1n) is 5.18. The number of hydrogen-bond donors (Lipinski definition) is 0. The van der Waals surface area contributed by atoms with E-state index in [0.29, 0.717) is 16.5 Å². The van der Waals surface area contributed by atoms with E-state index in [9.17, 15) is 8.42 Å². The molecule has 88 valence electrons. The second-order valence-electron chi connectivity index (χ2n) is 4.15. The maximum absolute atomic E-state index is 12.2. The van der Waals surface area contributed by atoms with E-state index in [-0.39, 0.29) is 0 Å². The molecule has 0 atom stereocenters. The van der Waals surface area contributed by atoms with Crippen LogP contribution in [0.1, 0.15) is 5.56 Å². The van der Waals surface area contributed by atoms with Gasteiger partial charge in [0.05, 0.1) is 4.90 Å². The molecule has 1 aliphatic heterocycles. The molecule has 17 heavy (non-hydrogen) atoms. The molecule has 1 aliphatic rings. The highest BCUT2D eigenvalue weighted by Crippen LogP contribution is 2.36. The van der Waals surface area contributed by atoms with Crippen LogP contribution < -0.4 is 0 Å². The van der Waals surface area contributed by atoms with E-state index in [2.05, 4.69) is 0 Å². The van der Waals surface area contributed by atoms with Gasteiger partial charge >= 0.3 is 0 Å². The van der Waals surface area contributed by atoms with E-state index < -0.39 is 10.0 Å². The Morgan fingerprint density at radius 3 is 2.76 bits per heavy atom. The van der Waals surface area contributed by atoms with E-state index in [1.165, 1.54) is 4.31 Å². The van der Waals surface area contributed by atoms with Gasteiger partial charge in [-0.3, -0.25) is 0 Å². The van der Waals surface area contributed by atoms with Gasteiger partial charge in [0.25, 0.3) is 0 Å². The van der Waals surface area contributed by atoms with Crippen LogP contribution in [0.2, 0.25) is 5.02 Å². The molecule has 0 N–H and O–H groups in total. The average Bonchev–Trinajstić information content (AvgIpc) is 2.30. The van der Waals surface area contributed by atoms with Gasteiger partial charge < -0.3 is 0 Å². The lowest BCUT2D eigenvalue weighted by Crippen LogP contribution is -2.30. The Balaban J connectivity index is 2.56. The van der Waals surface area contributed by atoms with Crippen LogP contribution in [0.25, 0.3) is 10.8 Å². The van der Waals surface area contributed by atoms with Gasteiger partial charge in [-0.1, -0.05) is 29.8 Å². The maximum atomic E-state index is 12.2. The van der Waals surface area contributed by atoms with Crippen LogP contribution >= 0.6 is 11.6 Å². The molecule has 0 unspecified atom stereocenters. The molecular formula is C12H10ClNO2S. The minimum absolute atomic E-state index is 0.348.